The molecule has 1 saturated heterocycles. The van der Waals surface area contributed by atoms with Crippen LogP contribution in [0.3, 0.4) is 0 Å². The third-order valence-electron chi connectivity index (χ3n) is 8.11. The van der Waals surface area contributed by atoms with Crippen molar-refractivity contribution >= 4 is 45.4 Å². The first-order valence-corrected chi connectivity index (χ1v) is 14.5. The van der Waals surface area contributed by atoms with Gasteiger partial charge in [0.1, 0.15) is 5.39 Å². The van der Waals surface area contributed by atoms with Gasteiger partial charge in [-0.1, -0.05) is 48.5 Å². The van der Waals surface area contributed by atoms with E-state index in [2.05, 4.69) is 5.32 Å². The van der Waals surface area contributed by atoms with Crippen molar-refractivity contribution < 1.29 is 28.7 Å². The van der Waals surface area contributed by atoms with Gasteiger partial charge in [-0.25, -0.2) is 0 Å². The molecule has 1 N–H and O–H groups in total. The molecule has 0 saturated carbocycles. The number of amides is 2. The summed E-state index contributed by atoms with van der Waals surface area (Å²) >= 11 is 0. The van der Waals surface area contributed by atoms with Crippen LogP contribution in [0.25, 0.3) is 21.8 Å². The molecule has 3 heterocycles. The molecule has 1 aliphatic rings. The highest BCUT2D eigenvalue weighted by atomic mass is 16.6. The molecule has 0 radical (unpaired) electrons. The lowest BCUT2D eigenvalue weighted by Crippen LogP contribution is -2.53. The Morgan fingerprint density at radius 1 is 0.977 bits per heavy atom. The van der Waals surface area contributed by atoms with Crippen LogP contribution in [0.2, 0.25) is 0 Å². The molecule has 1 fully saturated rings. The number of methoxy groups -OCH3 is 1. The number of ether oxygens (including phenoxy) is 2. The van der Waals surface area contributed by atoms with Crippen molar-refractivity contribution in [2.45, 2.75) is 51.8 Å². The van der Waals surface area contributed by atoms with Crippen molar-refractivity contribution in [3.63, 3.8) is 0 Å². The summed E-state index contributed by atoms with van der Waals surface area (Å²) in [5.41, 5.74) is 0.0663. The summed E-state index contributed by atoms with van der Waals surface area (Å²) < 4.78 is 14.0. The number of hydrogen-bond acceptors (Lipinski definition) is 7. The molecule has 2 aromatic heterocycles. The molecule has 11 heteroatoms. The van der Waals surface area contributed by atoms with Gasteiger partial charge in [-0.15, -0.1) is 0 Å². The molecule has 2 aromatic carbocycles. The van der Waals surface area contributed by atoms with Gasteiger partial charge in [-0.2, -0.15) is 0 Å². The van der Waals surface area contributed by atoms with Crippen molar-refractivity contribution in [2.24, 2.45) is 7.05 Å². The van der Waals surface area contributed by atoms with Gasteiger partial charge in [-0.05, 0) is 32.8 Å². The zero-order chi connectivity index (χ0) is 31.8. The fourth-order valence-electron chi connectivity index (χ4n) is 6.06. The number of para-hydroxylation sites is 1. The Morgan fingerprint density at radius 2 is 1.61 bits per heavy atom. The van der Waals surface area contributed by atoms with E-state index >= 15 is 0 Å². The number of pyridine rings is 1. The Hall–Kier alpha value is -4.93. The predicted octanol–water partition coefficient (Wildman–Crippen LogP) is 3.45. The van der Waals surface area contributed by atoms with E-state index in [4.69, 9.17) is 9.47 Å². The van der Waals surface area contributed by atoms with Crippen molar-refractivity contribution in [3.05, 3.63) is 76.2 Å². The average Bonchev–Trinajstić information content (AvgIpc) is 3.31. The highest BCUT2D eigenvalue weighted by molar-refractivity contribution is 6.12. The van der Waals surface area contributed by atoms with Crippen LogP contribution in [-0.4, -0.2) is 69.4 Å². The molecular weight excluding hydrogens is 564 g/mol. The number of piperidine rings is 1. The first kappa shape index (κ1) is 30.5. The number of benzene rings is 2. The van der Waals surface area contributed by atoms with Gasteiger partial charge in [0.2, 0.25) is 0 Å². The fraction of sp³-hybridized carbons (Fsp3) is 0.364. The molecule has 4 aromatic rings. The minimum absolute atomic E-state index is 0.132. The summed E-state index contributed by atoms with van der Waals surface area (Å²) in [6.45, 7) is 4.97. The number of fused-ring (bicyclic) bond motifs is 3. The molecular formula is C33H36N4O7. The number of esters is 1. The van der Waals surface area contributed by atoms with Gasteiger partial charge in [0.15, 0.2) is 22.8 Å². The third-order valence-corrected chi connectivity index (χ3v) is 8.11. The van der Waals surface area contributed by atoms with Crippen molar-refractivity contribution in [2.75, 3.05) is 20.2 Å². The van der Waals surface area contributed by atoms with Crippen LogP contribution in [0.4, 0.5) is 0 Å². The Labute approximate surface area is 254 Å². The minimum Gasteiger partial charge on any atom is -0.493 e. The van der Waals surface area contributed by atoms with E-state index in [0.717, 1.165) is 0 Å². The number of ketones is 1. The highest BCUT2D eigenvalue weighted by Crippen LogP contribution is 2.35. The molecule has 2 amide bonds. The molecule has 0 unspecified atom stereocenters. The number of aryl methyl sites for hydroxylation is 1. The Bertz CT molecular complexity index is 1830. The number of hydrogen-bond donors (Lipinski definition) is 1. The first-order chi connectivity index (χ1) is 20.9. The zero-order valence-electron chi connectivity index (χ0n) is 25.5. The number of aromatic nitrogens is 2. The number of nitrogens with one attached hydrogen (secondary N) is 1. The largest absolute Gasteiger partial charge is 0.493 e. The Balaban J connectivity index is 1.45. The summed E-state index contributed by atoms with van der Waals surface area (Å²) in [5, 5.41) is 3.97. The van der Waals surface area contributed by atoms with Gasteiger partial charge in [0.05, 0.1) is 24.7 Å². The number of carbonyl (C=O) groups is 4. The van der Waals surface area contributed by atoms with E-state index in [0.29, 0.717) is 47.9 Å². The number of Topliss-reactive ketones (excluding diaryl/α,β-unsaturated/α-hetero) is 1. The number of rotatable bonds is 8. The maximum Gasteiger partial charge on any atom is 0.303 e. The average molecular weight is 601 g/mol. The van der Waals surface area contributed by atoms with Crippen LogP contribution >= 0.6 is 0 Å². The Morgan fingerprint density at radius 3 is 2.25 bits per heavy atom. The lowest BCUT2D eigenvalue weighted by molar-refractivity contribution is -0.169. The van der Waals surface area contributed by atoms with Crippen LogP contribution in [-0.2, 0) is 27.9 Å². The third kappa shape index (κ3) is 5.57. The predicted molar refractivity (Wildman–Crippen MR) is 165 cm³/mol. The van der Waals surface area contributed by atoms with E-state index in [-0.39, 0.29) is 41.1 Å². The lowest BCUT2D eigenvalue weighted by atomic mass is 10.0. The maximum atomic E-state index is 14.0. The molecule has 0 bridgehead atoms. The smallest absolute Gasteiger partial charge is 0.303 e. The van der Waals surface area contributed by atoms with Crippen LogP contribution < -0.4 is 15.6 Å². The Kier molecular flexibility index (Phi) is 8.31. The standard InChI is InChI=1S/C33H36N4O7/c1-20(38)44-33(2,3)32(42)36-17-15-22(16-18-36)34-30(40)28-29(43-5)26-27(35(28)4)23-13-9-10-14-24(23)37(31(26)41)19-25(39)21-11-7-6-8-12-21/h6-14,22H,15-19H2,1-5H3,(H,34,40). The SMILES string of the molecule is COc1c(C(=O)NC2CCN(C(=O)C(C)(C)OC(C)=O)CC2)n(C)c2c1c(=O)n(CC(=O)c1ccccc1)c1ccccc21. The highest BCUT2D eigenvalue weighted by Gasteiger charge is 2.37. The molecule has 0 atom stereocenters. The quantitative estimate of drug-likeness (QED) is 0.242. The van der Waals surface area contributed by atoms with Crippen LogP contribution in [0, 0.1) is 0 Å². The van der Waals surface area contributed by atoms with Gasteiger partial charge >= 0.3 is 5.97 Å². The van der Waals surface area contributed by atoms with Gasteiger partial charge in [0.25, 0.3) is 17.4 Å². The minimum atomic E-state index is -1.28. The molecule has 44 heavy (non-hydrogen) atoms. The second-order valence-electron chi connectivity index (χ2n) is 11.5. The van der Waals surface area contributed by atoms with Crippen LogP contribution in [0.5, 0.6) is 5.75 Å². The van der Waals surface area contributed by atoms with Crippen molar-refractivity contribution in [3.8, 4) is 5.75 Å². The van der Waals surface area contributed by atoms with E-state index < -0.39 is 23.0 Å². The monoisotopic (exact) mass is 600 g/mol. The second kappa shape index (κ2) is 12.0. The second-order valence-corrected chi connectivity index (χ2v) is 11.5. The summed E-state index contributed by atoms with van der Waals surface area (Å²) in [6.07, 6.45) is 0.994. The first-order valence-electron chi connectivity index (χ1n) is 14.5. The van der Waals surface area contributed by atoms with E-state index in [9.17, 15) is 24.0 Å². The topological polar surface area (TPSA) is 129 Å². The van der Waals surface area contributed by atoms with Crippen molar-refractivity contribution in [1.29, 1.82) is 0 Å². The fourth-order valence-corrected chi connectivity index (χ4v) is 6.06. The lowest BCUT2D eigenvalue weighted by Gasteiger charge is -2.36. The molecule has 11 nitrogen and oxygen atoms in total. The number of nitrogens with zero attached hydrogens (tertiary/aromatic N) is 3. The van der Waals surface area contributed by atoms with E-state index in [1.807, 2.05) is 18.2 Å². The number of likely N-dealkylation sites (tertiary alicyclic amines) is 1. The summed E-state index contributed by atoms with van der Waals surface area (Å²) in [7, 11) is 3.12. The molecule has 0 spiro atoms. The van der Waals surface area contributed by atoms with E-state index in [1.54, 1.807) is 66.8 Å². The normalized spacial score (nSPS) is 14.1. The molecule has 0 aliphatic carbocycles. The van der Waals surface area contributed by atoms with Crippen molar-refractivity contribution in [1.82, 2.24) is 19.4 Å². The van der Waals surface area contributed by atoms with Crippen LogP contribution in [0.1, 0.15) is 54.5 Å². The van der Waals surface area contributed by atoms with Gasteiger partial charge < -0.3 is 24.3 Å². The van der Waals surface area contributed by atoms with Gasteiger partial charge in [0, 0.05) is 44.1 Å². The molecule has 5 rings (SSSR count). The number of carbonyl (C=O) groups excluding carboxylic acids is 4. The summed E-state index contributed by atoms with van der Waals surface area (Å²) in [4.78, 5) is 67.0. The zero-order valence-corrected chi connectivity index (χ0v) is 25.5. The molecule has 1 aliphatic heterocycles. The van der Waals surface area contributed by atoms with Gasteiger partial charge in [-0.3, -0.25) is 28.5 Å². The van der Waals surface area contributed by atoms with E-state index in [1.165, 1.54) is 18.6 Å². The van der Waals surface area contributed by atoms with Crippen LogP contribution in [0.15, 0.2) is 59.4 Å². The summed E-state index contributed by atoms with van der Waals surface area (Å²) in [5.74, 6) is -1.32. The maximum absolute atomic E-state index is 14.0. The molecule has 230 valence electrons. The summed E-state index contributed by atoms with van der Waals surface area (Å²) in [6, 6.07) is 15.8.